The Morgan fingerprint density at radius 2 is 2.19 bits per heavy atom. The standard InChI is InChI=1S/C16H15ClN4O5/c1-2-26-14-7-10(6-13(15(14)22)21(24)25)9-18-20-16(23)19-12-5-3-4-11(17)8-12/h3-9,22H,2H2,1H3,(H2,19,20,23)/b18-9-. The van der Waals surface area contributed by atoms with Crippen molar-refractivity contribution in [3.63, 3.8) is 0 Å². The van der Waals surface area contributed by atoms with Gasteiger partial charge in [0.05, 0.1) is 17.7 Å². The maximum absolute atomic E-state index is 11.8. The van der Waals surface area contributed by atoms with Crippen molar-refractivity contribution in [2.45, 2.75) is 6.92 Å². The minimum absolute atomic E-state index is 0.0495. The Hall–Kier alpha value is -3.33. The number of carbonyl (C=O) groups excluding carboxylic acids is 1. The molecule has 0 radical (unpaired) electrons. The zero-order valence-corrected chi connectivity index (χ0v) is 14.4. The minimum atomic E-state index is -0.742. The lowest BCUT2D eigenvalue weighted by Crippen LogP contribution is -2.24. The van der Waals surface area contributed by atoms with Gasteiger partial charge in [-0.05, 0) is 31.2 Å². The number of amides is 2. The molecule has 9 nitrogen and oxygen atoms in total. The van der Waals surface area contributed by atoms with Gasteiger partial charge in [-0.3, -0.25) is 10.1 Å². The average molecular weight is 379 g/mol. The van der Waals surface area contributed by atoms with E-state index >= 15 is 0 Å². The van der Waals surface area contributed by atoms with Gasteiger partial charge in [0, 0.05) is 22.3 Å². The summed E-state index contributed by atoms with van der Waals surface area (Å²) in [6, 6.07) is 8.39. The van der Waals surface area contributed by atoms with Crippen molar-refractivity contribution in [2.24, 2.45) is 5.10 Å². The maximum Gasteiger partial charge on any atom is 0.339 e. The number of urea groups is 1. The molecule has 2 amide bonds. The van der Waals surface area contributed by atoms with E-state index in [4.69, 9.17) is 16.3 Å². The molecular weight excluding hydrogens is 364 g/mol. The van der Waals surface area contributed by atoms with Crippen molar-refractivity contribution in [3.8, 4) is 11.5 Å². The van der Waals surface area contributed by atoms with Gasteiger partial charge >= 0.3 is 11.7 Å². The van der Waals surface area contributed by atoms with Crippen molar-refractivity contribution < 1.29 is 19.6 Å². The van der Waals surface area contributed by atoms with Crippen LogP contribution in [0.25, 0.3) is 0 Å². The van der Waals surface area contributed by atoms with E-state index in [9.17, 15) is 20.0 Å². The molecule has 0 aliphatic carbocycles. The second-order valence-electron chi connectivity index (χ2n) is 4.91. The first-order valence-electron chi connectivity index (χ1n) is 7.40. The third-order valence-electron chi connectivity index (χ3n) is 3.04. The van der Waals surface area contributed by atoms with Crippen LogP contribution in [0.15, 0.2) is 41.5 Å². The quantitative estimate of drug-likeness (QED) is 0.403. The molecule has 0 saturated carbocycles. The average Bonchev–Trinajstić information content (AvgIpc) is 2.57. The van der Waals surface area contributed by atoms with Crippen LogP contribution >= 0.6 is 11.6 Å². The highest BCUT2D eigenvalue weighted by Gasteiger charge is 2.19. The van der Waals surface area contributed by atoms with Crippen molar-refractivity contribution >= 4 is 35.2 Å². The maximum atomic E-state index is 11.8. The van der Waals surface area contributed by atoms with E-state index in [1.54, 1.807) is 31.2 Å². The molecule has 0 spiro atoms. The van der Waals surface area contributed by atoms with Crippen LogP contribution in [0, 0.1) is 10.1 Å². The Bertz CT molecular complexity index is 857. The van der Waals surface area contributed by atoms with Gasteiger partial charge in [0.25, 0.3) is 0 Å². The van der Waals surface area contributed by atoms with Crippen LogP contribution in [-0.2, 0) is 0 Å². The van der Waals surface area contributed by atoms with E-state index in [0.29, 0.717) is 10.7 Å². The Morgan fingerprint density at radius 1 is 1.42 bits per heavy atom. The first-order chi connectivity index (χ1) is 12.4. The van der Waals surface area contributed by atoms with Crippen LogP contribution in [0.2, 0.25) is 5.02 Å². The molecule has 10 heteroatoms. The van der Waals surface area contributed by atoms with Gasteiger partial charge in [0.1, 0.15) is 0 Å². The number of nitrogens with zero attached hydrogens (tertiary/aromatic N) is 2. The lowest BCUT2D eigenvalue weighted by molar-refractivity contribution is -0.386. The Kier molecular flexibility index (Phi) is 6.34. The van der Waals surface area contributed by atoms with Crippen molar-refractivity contribution in [2.75, 3.05) is 11.9 Å². The van der Waals surface area contributed by atoms with Crippen molar-refractivity contribution in [3.05, 3.63) is 57.1 Å². The summed E-state index contributed by atoms with van der Waals surface area (Å²) in [5, 5.41) is 27.5. The van der Waals surface area contributed by atoms with Gasteiger partial charge in [-0.15, -0.1) is 0 Å². The Balaban J connectivity index is 2.09. The van der Waals surface area contributed by atoms with Crippen LogP contribution in [0.1, 0.15) is 12.5 Å². The lowest BCUT2D eigenvalue weighted by atomic mass is 10.2. The van der Waals surface area contributed by atoms with Gasteiger partial charge in [-0.2, -0.15) is 5.10 Å². The third-order valence-corrected chi connectivity index (χ3v) is 3.27. The van der Waals surface area contributed by atoms with Crippen LogP contribution in [0.4, 0.5) is 16.2 Å². The number of hydrogen-bond acceptors (Lipinski definition) is 6. The molecular formula is C16H15ClN4O5. The molecule has 3 N–H and O–H groups in total. The Morgan fingerprint density at radius 3 is 2.85 bits per heavy atom. The molecule has 2 aromatic carbocycles. The van der Waals surface area contributed by atoms with Crippen LogP contribution < -0.4 is 15.5 Å². The van der Waals surface area contributed by atoms with Crippen molar-refractivity contribution in [1.29, 1.82) is 0 Å². The lowest BCUT2D eigenvalue weighted by Gasteiger charge is -2.07. The van der Waals surface area contributed by atoms with Gasteiger partial charge in [-0.1, -0.05) is 17.7 Å². The molecule has 0 saturated heterocycles. The molecule has 0 aromatic heterocycles. The monoisotopic (exact) mass is 378 g/mol. The van der Waals surface area contributed by atoms with E-state index in [-0.39, 0.29) is 17.9 Å². The molecule has 0 atom stereocenters. The van der Waals surface area contributed by atoms with Crippen LogP contribution in [0.5, 0.6) is 11.5 Å². The predicted molar refractivity (Wildman–Crippen MR) is 97.1 cm³/mol. The summed E-state index contributed by atoms with van der Waals surface area (Å²) in [6.07, 6.45) is 1.19. The fraction of sp³-hybridized carbons (Fsp3) is 0.125. The number of benzene rings is 2. The number of aromatic hydroxyl groups is 1. The number of anilines is 1. The van der Waals surface area contributed by atoms with E-state index in [2.05, 4.69) is 15.8 Å². The van der Waals surface area contributed by atoms with E-state index in [1.165, 1.54) is 12.3 Å². The fourth-order valence-electron chi connectivity index (χ4n) is 1.98. The zero-order valence-electron chi connectivity index (χ0n) is 13.6. The number of hydrogen-bond donors (Lipinski definition) is 3. The highest BCUT2D eigenvalue weighted by atomic mass is 35.5. The number of phenolic OH excluding ortho intramolecular Hbond substituents is 1. The summed E-state index contributed by atoms with van der Waals surface area (Å²) in [6.45, 7) is 1.89. The second kappa shape index (κ2) is 8.67. The highest BCUT2D eigenvalue weighted by Crippen LogP contribution is 2.36. The normalized spacial score (nSPS) is 10.5. The van der Waals surface area contributed by atoms with Gasteiger partial charge in [-0.25, -0.2) is 10.2 Å². The topological polar surface area (TPSA) is 126 Å². The highest BCUT2D eigenvalue weighted by molar-refractivity contribution is 6.30. The molecule has 0 heterocycles. The minimum Gasteiger partial charge on any atom is -0.500 e. The number of ether oxygens (including phenoxy) is 1. The van der Waals surface area contributed by atoms with Gasteiger partial charge in [0.15, 0.2) is 5.75 Å². The second-order valence-corrected chi connectivity index (χ2v) is 5.35. The molecule has 0 aliphatic heterocycles. The SMILES string of the molecule is CCOc1cc(/C=N\NC(=O)Nc2cccc(Cl)c2)cc([N+](=O)[O-])c1O. The van der Waals surface area contributed by atoms with E-state index in [1.807, 2.05) is 0 Å². The first-order valence-corrected chi connectivity index (χ1v) is 7.78. The van der Waals surface area contributed by atoms with E-state index in [0.717, 1.165) is 6.07 Å². The summed E-state index contributed by atoms with van der Waals surface area (Å²) in [5.41, 5.74) is 2.43. The molecule has 0 fully saturated rings. The molecule has 26 heavy (non-hydrogen) atoms. The van der Waals surface area contributed by atoms with E-state index < -0.39 is 22.4 Å². The molecule has 136 valence electrons. The molecule has 0 bridgehead atoms. The molecule has 2 rings (SSSR count). The number of nitro benzene ring substituents is 1. The number of halogens is 1. The van der Waals surface area contributed by atoms with Gasteiger partial charge in [0.2, 0.25) is 5.75 Å². The van der Waals surface area contributed by atoms with Crippen LogP contribution in [-0.4, -0.2) is 28.9 Å². The summed E-state index contributed by atoms with van der Waals surface area (Å²) in [4.78, 5) is 22.0. The smallest absolute Gasteiger partial charge is 0.339 e. The van der Waals surface area contributed by atoms with Crippen molar-refractivity contribution in [1.82, 2.24) is 5.43 Å². The number of phenols is 1. The number of nitro groups is 1. The summed E-state index contributed by atoms with van der Waals surface area (Å²) in [5.74, 6) is -0.618. The fourth-order valence-corrected chi connectivity index (χ4v) is 2.17. The third kappa shape index (κ3) is 5.08. The molecule has 0 aliphatic rings. The number of rotatable bonds is 6. The number of carbonyl (C=O) groups is 1. The first kappa shape index (κ1) is 19.0. The van der Waals surface area contributed by atoms with Crippen LogP contribution in [0.3, 0.4) is 0 Å². The largest absolute Gasteiger partial charge is 0.500 e. The van der Waals surface area contributed by atoms with Gasteiger partial charge < -0.3 is 15.2 Å². The predicted octanol–water partition coefficient (Wildman–Crippen LogP) is 3.51. The summed E-state index contributed by atoms with van der Waals surface area (Å²) in [7, 11) is 0. The Labute approximate surface area is 153 Å². The number of nitrogens with one attached hydrogen (secondary N) is 2. The molecule has 0 unspecified atom stereocenters. The zero-order chi connectivity index (χ0) is 19.1. The summed E-state index contributed by atoms with van der Waals surface area (Å²) >= 11 is 5.82. The number of hydrazone groups is 1. The summed E-state index contributed by atoms with van der Waals surface area (Å²) < 4.78 is 5.16. The molecule has 2 aromatic rings.